The van der Waals surface area contributed by atoms with E-state index in [-0.39, 0.29) is 29.0 Å². The van der Waals surface area contributed by atoms with Crippen molar-refractivity contribution in [3.05, 3.63) is 114 Å². The van der Waals surface area contributed by atoms with Gasteiger partial charge in [0, 0.05) is 0 Å². The summed E-state index contributed by atoms with van der Waals surface area (Å²) in [5.74, 6) is 0. The maximum atomic E-state index is 6.39. The van der Waals surface area contributed by atoms with Crippen molar-refractivity contribution in [2.24, 2.45) is 0 Å². The lowest BCUT2D eigenvalue weighted by Crippen LogP contribution is -3.00. The lowest BCUT2D eigenvalue weighted by molar-refractivity contribution is -0.00000903. The van der Waals surface area contributed by atoms with Crippen LogP contribution in [-0.4, -0.2) is 21.1 Å². The van der Waals surface area contributed by atoms with Gasteiger partial charge in [-0.2, -0.15) is 0 Å². The van der Waals surface area contributed by atoms with Crippen molar-refractivity contribution in [1.29, 1.82) is 0 Å². The summed E-state index contributed by atoms with van der Waals surface area (Å²) in [5.41, 5.74) is 2.85. The van der Waals surface area contributed by atoms with Crippen molar-refractivity contribution >= 4 is 31.5 Å². The molecule has 0 aromatic heterocycles. The molecule has 0 saturated heterocycles. The third kappa shape index (κ3) is 9.51. The predicted molar refractivity (Wildman–Crippen MR) is 179 cm³/mol. The Hall–Kier alpha value is -1.52. The SMILES string of the molecule is C/C(=C\CCC[P+](c1ccccc1)(c1ccccc1)c1ccccc1)CC/C=C(\C)CO[Si](C)(C)C(C)(C)C.[I-]. The standard InChI is InChI=1S/C36H50OPSi.HI/c1-31(21-19-22-32(2)30-37-39(6,7)36(3,4)5)20-17-18-29-38(33-23-11-8-12-24-33,34-25-13-9-14-26-34)35-27-15-10-16-28-35;/h8-16,20,22-28H,17-19,21,29-30H2,1-7H3;1H/q+1;/p-1/b31-20+,32-22+;. The molecule has 0 aliphatic heterocycles. The normalized spacial score (nSPS) is 13.2. The monoisotopic (exact) mass is 684 g/mol. The van der Waals surface area contributed by atoms with E-state index in [2.05, 4.69) is 151 Å². The summed E-state index contributed by atoms with van der Waals surface area (Å²) < 4.78 is 6.39. The lowest BCUT2D eigenvalue weighted by Gasteiger charge is -2.36. The summed E-state index contributed by atoms with van der Waals surface area (Å²) >= 11 is 0. The van der Waals surface area contributed by atoms with Gasteiger partial charge in [-0.25, -0.2) is 0 Å². The number of halogens is 1. The first kappa shape index (κ1) is 34.7. The van der Waals surface area contributed by atoms with Gasteiger partial charge in [-0.1, -0.05) is 98.7 Å². The first-order valence-corrected chi connectivity index (χ1v) is 19.4. The second-order valence-corrected chi connectivity index (χ2v) is 20.8. The number of allylic oxidation sites excluding steroid dienone is 3. The Morgan fingerprint density at radius 2 is 1.12 bits per heavy atom. The molecule has 0 spiro atoms. The van der Waals surface area contributed by atoms with Crippen molar-refractivity contribution in [2.75, 3.05) is 12.8 Å². The molecule has 4 heteroatoms. The van der Waals surface area contributed by atoms with E-state index >= 15 is 0 Å². The number of hydrogen-bond donors (Lipinski definition) is 0. The molecule has 0 aliphatic rings. The van der Waals surface area contributed by atoms with Crippen molar-refractivity contribution in [3.8, 4) is 0 Å². The molecule has 0 amide bonds. The molecular formula is C36H50IOPSi. The lowest BCUT2D eigenvalue weighted by atomic mass is 10.1. The number of rotatable bonds is 13. The van der Waals surface area contributed by atoms with E-state index in [4.69, 9.17) is 4.43 Å². The molecule has 40 heavy (non-hydrogen) atoms. The van der Waals surface area contributed by atoms with E-state index in [1.54, 1.807) is 0 Å². The van der Waals surface area contributed by atoms with Gasteiger partial charge in [0.1, 0.15) is 23.2 Å². The highest BCUT2D eigenvalue weighted by Crippen LogP contribution is 2.55. The van der Waals surface area contributed by atoms with Crippen LogP contribution in [-0.2, 0) is 4.43 Å². The number of benzene rings is 3. The minimum Gasteiger partial charge on any atom is -1.00 e. The van der Waals surface area contributed by atoms with Crippen LogP contribution in [0.25, 0.3) is 0 Å². The summed E-state index contributed by atoms with van der Waals surface area (Å²) in [5, 5.41) is 4.68. The van der Waals surface area contributed by atoms with Gasteiger partial charge in [-0.3, -0.25) is 0 Å². The maximum Gasteiger partial charge on any atom is 0.192 e. The van der Waals surface area contributed by atoms with Crippen molar-refractivity contribution in [1.82, 2.24) is 0 Å². The van der Waals surface area contributed by atoms with E-state index in [0.717, 1.165) is 25.9 Å². The van der Waals surface area contributed by atoms with Gasteiger partial charge in [-0.05, 0) is 94.1 Å². The molecule has 0 radical (unpaired) electrons. The number of hydrogen-bond acceptors (Lipinski definition) is 1. The van der Waals surface area contributed by atoms with Gasteiger partial charge in [-0.15, -0.1) is 0 Å². The number of unbranched alkanes of at least 4 members (excludes halogenated alkanes) is 1. The highest BCUT2D eigenvalue weighted by molar-refractivity contribution is 7.95. The fraction of sp³-hybridized carbons (Fsp3) is 0.389. The first-order chi connectivity index (χ1) is 18.6. The Bertz CT molecular complexity index is 1100. The van der Waals surface area contributed by atoms with Gasteiger partial charge in [0.25, 0.3) is 0 Å². The predicted octanol–water partition coefficient (Wildman–Crippen LogP) is 6.46. The zero-order chi connectivity index (χ0) is 28.4. The van der Waals surface area contributed by atoms with E-state index in [1.165, 1.54) is 39.6 Å². The summed E-state index contributed by atoms with van der Waals surface area (Å²) in [6.45, 7) is 16.8. The van der Waals surface area contributed by atoms with Crippen molar-refractivity contribution < 1.29 is 28.4 Å². The summed E-state index contributed by atoms with van der Waals surface area (Å²) in [6.07, 6.45) is 10.5. The molecule has 1 nitrogen and oxygen atoms in total. The second kappa shape index (κ2) is 16.2. The first-order valence-electron chi connectivity index (χ1n) is 14.6. The van der Waals surface area contributed by atoms with Crippen LogP contribution < -0.4 is 39.9 Å². The minimum absolute atomic E-state index is 0. The Balaban J connectivity index is 0.00000560. The van der Waals surface area contributed by atoms with E-state index in [0.29, 0.717) is 0 Å². The molecule has 0 unspecified atom stereocenters. The average Bonchev–Trinajstić information content (AvgIpc) is 2.93. The molecule has 0 N–H and O–H groups in total. The van der Waals surface area contributed by atoms with Gasteiger partial charge < -0.3 is 28.4 Å². The van der Waals surface area contributed by atoms with E-state index in [9.17, 15) is 0 Å². The quantitative estimate of drug-likeness (QED) is 0.0661. The van der Waals surface area contributed by atoms with Crippen LogP contribution in [0.4, 0.5) is 0 Å². The van der Waals surface area contributed by atoms with Gasteiger partial charge in [0.05, 0.1) is 12.8 Å². The molecule has 0 atom stereocenters. The summed E-state index contributed by atoms with van der Waals surface area (Å²) in [7, 11) is -3.42. The zero-order valence-corrected chi connectivity index (χ0v) is 29.8. The molecule has 216 valence electrons. The molecule has 0 bridgehead atoms. The van der Waals surface area contributed by atoms with Crippen LogP contribution in [0.15, 0.2) is 114 Å². The van der Waals surface area contributed by atoms with Crippen molar-refractivity contribution in [2.45, 2.75) is 78.4 Å². The zero-order valence-electron chi connectivity index (χ0n) is 25.8. The second-order valence-electron chi connectivity index (χ2n) is 12.4. The fourth-order valence-corrected chi connectivity index (χ4v) is 10.2. The van der Waals surface area contributed by atoms with Crippen LogP contribution in [0.3, 0.4) is 0 Å². The molecular weight excluding hydrogens is 634 g/mol. The average molecular weight is 685 g/mol. The minimum atomic E-state index is -1.73. The third-order valence-corrected chi connectivity index (χ3v) is 17.3. The Morgan fingerprint density at radius 3 is 1.55 bits per heavy atom. The smallest absolute Gasteiger partial charge is 0.192 e. The maximum absolute atomic E-state index is 6.39. The topological polar surface area (TPSA) is 9.23 Å². The highest BCUT2D eigenvalue weighted by atomic mass is 127. The molecule has 3 aromatic carbocycles. The molecule has 0 saturated carbocycles. The van der Waals surface area contributed by atoms with Crippen LogP contribution in [0.1, 0.15) is 60.3 Å². The van der Waals surface area contributed by atoms with Gasteiger partial charge >= 0.3 is 0 Å². The van der Waals surface area contributed by atoms with Gasteiger partial charge in [0.15, 0.2) is 8.32 Å². The third-order valence-electron chi connectivity index (χ3n) is 8.28. The Labute approximate surface area is 264 Å². The molecule has 0 aliphatic carbocycles. The molecule has 3 rings (SSSR count). The van der Waals surface area contributed by atoms with Crippen LogP contribution in [0, 0.1) is 0 Å². The Kier molecular flexibility index (Phi) is 14.0. The van der Waals surface area contributed by atoms with Crippen LogP contribution in [0.2, 0.25) is 18.1 Å². The van der Waals surface area contributed by atoms with Crippen molar-refractivity contribution in [3.63, 3.8) is 0 Å². The molecule has 0 heterocycles. The van der Waals surface area contributed by atoms with Crippen LogP contribution >= 0.6 is 7.26 Å². The largest absolute Gasteiger partial charge is 1.00 e. The summed E-state index contributed by atoms with van der Waals surface area (Å²) in [4.78, 5) is 0. The van der Waals surface area contributed by atoms with E-state index in [1.807, 2.05) is 0 Å². The summed E-state index contributed by atoms with van der Waals surface area (Å²) in [6, 6.07) is 33.7. The molecule has 3 aromatic rings. The fourth-order valence-electron chi connectivity index (χ4n) is 4.78. The van der Waals surface area contributed by atoms with E-state index < -0.39 is 15.6 Å². The highest BCUT2D eigenvalue weighted by Gasteiger charge is 2.44. The Morgan fingerprint density at radius 1 is 0.700 bits per heavy atom. The van der Waals surface area contributed by atoms with Crippen LogP contribution in [0.5, 0.6) is 0 Å². The molecule has 0 fully saturated rings. The van der Waals surface area contributed by atoms with Gasteiger partial charge in [0.2, 0.25) is 0 Å².